The third kappa shape index (κ3) is 3.58. The number of piperazine rings is 1. The van der Waals surface area contributed by atoms with Crippen molar-refractivity contribution in [2.45, 2.75) is 13.0 Å². The summed E-state index contributed by atoms with van der Waals surface area (Å²) < 4.78 is 14.0. The van der Waals surface area contributed by atoms with Crippen LogP contribution in [0.2, 0.25) is 5.02 Å². The molecule has 3 amide bonds. The van der Waals surface area contributed by atoms with Crippen LogP contribution in [-0.2, 0) is 4.79 Å². The van der Waals surface area contributed by atoms with E-state index in [1.54, 1.807) is 49.4 Å². The lowest BCUT2D eigenvalue weighted by Gasteiger charge is -2.39. The van der Waals surface area contributed by atoms with E-state index in [2.05, 4.69) is 5.32 Å². The SMILES string of the molecule is C[C@H]1C(=O)N(c2ccccc2F)CCN1C(=O)Nc1cccc(Cl)c1. The normalized spacial score (nSPS) is 17.6. The van der Waals surface area contributed by atoms with Gasteiger partial charge in [0.2, 0.25) is 5.91 Å². The van der Waals surface area contributed by atoms with Crippen LogP contribution in [0.15, 0.2) is 48.5 Å². The molecule has 0 aliphatic carbocycles. The Hall–Kier alpha value is -2.60. The minimum atomic E-state index is -0.701. The van der Waals surface area contributed by atoms with Gasteiger partial charge in [0.1, 0.15) is 11.9 Å². The molecule has 1 fully saturated rings. The minimum Gasteiger partial charge on any atom is -0.311 e. The third-order valence-corrected chi connectivity index (χ3v) is 4.37. The Labute approximate surface area is 150 Å². The second kappa shape index (κ2) is 7.11. The van der Waals surface area contributed by atoms with Crippen LogP contribution in [0, 0.1) is 5.82 Å². The van der Waals surface area contributed by atoms with Crippen molar-refractivity contribution >= 4 is 34.9 Å². The molecule has 5 nitrogen and oxygen atoms in total. The molecule has 7 heteroatoms. The molecule has 3 rings (SSSR count). The zero-order valence-electron chi connectivity index (χ0n) is 13.6. The average molecular weight is 362 g/mol. The predicted octanol–water partition coefficient (Wildman–Crippen LogP) is 3.75. The molecule has 1 aliphatic rings. The van der Waals surface area contributed by atoms with Crippen LogP contribution >= 0.6 is 11.6 Å². The summed E-state index contributed by atoms with van der Waals surface area (Å²) in [5.74, 6) is -0.780. The van der Waals surface area contributed by atoms with E-state index in [1.807, 2.05) is 0 Å². The van der Waals surface area contributed by atoms with Gasteiger partial charge in [0, 0.05) is 23.8 Å². The van der Waals surface area contributed by atoms with Crippen molar-refractivity contribution in [3.05, 3.63) is 59.4 Å². The first kappa shape index (κ1) is 17.2. The lowest BCUT2D eigenvalue weighted by molar-refractivity contribution is -0.123. The van der Waals surface area contributed by atoms with Crippen molar-refractivity contribution in [3.8, 4) is 0 Å². The summed E-state index contributed by atoms with van der Waals surface area (Å²) in [5.41, 5.74) is 0.780. The van der Waals surface area contributed by atoms with E-state index < -0.39 is 17.9 Å². The number of benzene rings is 2. The van der Waals surface area contributed by atoms with Gasteiger partial charge in [0.15, 0.2) is 0 Å². The van der Waals surface area contributed by atoms with E-state index in [4.69, 9.17) is 11.6 Å². The third-order valence-electron chi connectivity index (χ3n) is 4.14. The van der Waals surface area contributed by atoms with E-state index >= 15 is 0 Å². The predicted molar refractivity (Wildman–Crippen MR) is 95.4 cm³/mol. The monoisotopic (exact) mass is 361 g/mol. The number of para-hydroxylation sites is 1. The zero-order valence-corrected chi connectivity index (χ0v) is 14.3. The molecule has 0 radical (unpaired) electrons. The number of amides is 3. The van der Waals surface area contributed by atoms with E-state index in [0.29, 0.717) is 17.3 Å². The summed E-state index contributed by atoms with van der Waals surface area (Å²) in [6.07, 6.45) is 0. The summed E-state index contributed by atoms with van der Waals surface area (Å²) in [4.78, 5) is 27.9. The van der Waals surface area contributed by atoms with Crippen molar-refractivity contribution in [2.24, 2.45) is 0 Å². The molecule has 1 N–H and O–H groups in total. The molecule has 1 saturated heterocycles. The molecular weight excluding hydrogens is 345 g/mol. The molecule has 0 aromatic heterocycles. The molecule has 1 aliphatic heterocycles. The van der Waals surface area contributed by atoms with Gasteiger partial charge >= 0.3 is 6.03 Å². The van der Waals surface area contributed by atoms with Crippen LogP contribution in [0.5, 0.6) is 0 Å². The van der Waals surface area contributed by atoms with Crippen molar-refractivity contribution in [3.63, 3.8) is 0 Å². The standard InChI is InChI=1S/C18H17ClFN3O2/c1-12-17(24)23(16-8-3-2-7-15(16)20)10-9-22(12)18(25)21-14-6-4-5-13(19)11-14/h2-8,11-12H,9-10H2,1H3,(H,21,25)/t12-/m0/s1. The van der Waals surface area contributed by atoms with Gasteiger partial charge in [-0.1, -0.05) is 29.8 Å². The van der Waals surface area contributed by atoms with Gasteiger partial charge in [0.05, 0.1) is 5.69 Å². The van der Waals surface area contributed by atoms with Crippen LogP contribution in [0.1, 0.15) is 6.92 Å². The van der Waals surface area contributed by atoms with Crippen LogP contribution < -0.4 is 10.2 Å². The molecule has 130 valence electrons. The number of carbonyl (C=O) groups is 2. The summed E-state index contributed by atoms with van der Waals surface area (Å²) in [5, 5.41) is 3.23. The first-order valence-electron chi connectivity index (χ1n) is 7.86. The second-order valence-corrected chi connectivity index (χ2v) is 6.19. The molecule has 0 spiro atoms. The number of rotatable bonds is 2. The highest BCUT2D eigenvalue weighted by Crippen LogP contribution is 2.24. The van der Waals surface area contributed by atoms with Crippen LogP contribution in [0.25, 0.3) is 0 Å². The van der Waals surface area contributed by atoms with Crippen LogP contribution in [-0.4, -0.2) is 36.0 Å². The Bertz CT molecular complexity index is 814. The van der Waals surface area contributed by atoms with Crippen molar-refractivity contribution in [2.75, 3.05) is 23.3 Å². The molecule has 1 heterocycles. The summed E-state index contributed by atoms with van der Waals surface area (Å²) in [7, 11) is 0. The van der Waals surface area contributed by atoms with Crippen molar-refractivity contribution < 1.29 is 14.0 Å². The van der Waals surface area contributed by atoms with Crippen LogP contribution in [0.4, 0.5) is 20.6 Å². The molecular formula is C18H17ClFN3O2. The number of halogens is 2. The molecule has 0 unspecified atom stereocenters. The van der Waals surface area contributed by atoms with E-state index in [0.717, 1.165) is 0 Å². The number of anilines is 2. The molecule has 25 heavy (non-hydrogen) atoms. The fourth-order valence-electron chi connectivity index (χ4n) is 2.82. The Kier molecular flexibility index (Phi) is 4.90. The molecule has 1 atom stereocenters. The number of urea groups is 1. The highest BCUT2D eigenvalue weighted by molar-refractivity contribution is 6.30. The van der Waals surface area contributed by atoms with Gasteiger partial charge in [0.25, 0.3) is 0 Å². The maximum Gasteiger partial charge on any atom is 0.322 e. The average Bonchev–Trinajstić information content (AvgIpc) is 2.58. The van der Waals surface area contributed by atoms with Gasteiger partial charge in [-0.3, -0.25) is 4.79 Å². The quantitative estimate of drug-likeness (QED) is 0.885. The first-order valence-corrected chi connectivity index (χ1v) is 8.24. The Morgan fingerprint density at radius 1 is 1.20 bits per heavy atom. The molecule has 2 aromatic carbocycles. The van der Waals surface area contributed by atoms with Gasteiger partial charge in [-0.05, 0) is 37.3 Å². The van der Waals surface area contributed by atoms with E-state index in [9.17, 15) is 14.0 Å². The Morgan fingerprint density at radius 3 is 2.68 bits per heavy atom. The highest BCUT2D eigenvalue weighted by Gasteiger charge is 2.35. The Morgan fingerprint density at radius 2 is 1.96 bits per heavy atom. The van der Waals surface area contributed by atoms with Crippen molar-refractivity contribution in [1.82, 2.24) is 4.90 Å². The number of nitrogens with zero attached hydrogens (tertiary/aromatic N) is 2. The van der Waals surface area contributed by atoms with Gasteiger partial charge in [-0.25, -0.2) is 9.18 Å². The highest BCUT2D eigenvalue weighted by atomic mass is 35.5. The first-order chi connectivity index (χ1) is 12.0. The zero-order chi connectivity index (χ0) is 18.0. The summed E-state index contributed by atoms with van der Waals surface area (Å²) >= 11 is 5.91. The lowest BCUT2D eigenvalue weighted by Crippen LogP contribution is -2.58. The number of nitrogens with one attached hydrogen (secondary N) is 1. The second-order valence-electron chi connectivity index (χ2n) is 5.75. The number of hydrogen-bond acceptors (Lipinski definition) is 2. The fourth-order valence-corrected chi connectivity index (χ4v) is 3.01. The minimum absolute atomic E-state index is 0.229. The smallest absolute Gasteiger partial charge is 0.311 e. The molecule has 2 aromatic rings. The Balaban J connectivity index is 1.73. The largest absolute Gasteiger partial charge is 0.322 e. The van der Waals surface area contributed by atoms with Gasteiger partial charge in [-0.15, -0.1) is 0 Å². The molecule has 0 saturated carbocycles. The summed E-state index contributed by atoms with van der Waals surface area (Å²) in [6.45, 7) is 2.16. The molecule has 0 bridgehead atoms. The number of carbonyl (C=O) groups excluding carboxylic acids is 2. The maximum atomic E-state index is 14.0. The van der Waals surface area contributed by atoms with E-state index in [1.165, 1.54) is 15.9 Å². The number of hydrogen-bond donors (Lipinski definition) is 1. The van der Waals surface area contributed by atoms with Gasteiger partial charge in [-0.2, -0.15) is 0 Å². The lowest BCUT2D eigenvalue weighted by atomic mass is 10.1. The maximum absolute atomic E-state index is 14.0. The topological polar surface area (TPSA) is 52.7 Å². The van der Waals surface area contributed by atoms with E-state index in [-0.39, 0.29) is 18.1 Å². The van der Waals surface area contributed by atoms with Crippen molar-refractivity contribution in [1.29, 1.82) is 0 Å². The van der Waals surface area contributed by atoms with Gasteiger partial charge < -0.3 is 15.1 Å². The van der Waals surface area contributed by atoms with Crippen LogP contribution in [0.3, 0.4) is 0 Å². The fraction of sp³-hybridized carbons (Fsp3) is 0.222. The summed E-state index contributed by atoms with van der Waals surface area (Å²) in [6, 6.07) is 11.8.